The first-order valence-corrected chi connectivity index (χ1v) is 5.59. The molecule has 1 nitrogen and oxygen atoms in total. The Morgan fingerprint density at radius 1 is 1.08 bits per heavy atom. The van der Waals surface area contributed by atoms with Crippen LogP contribution >= 0.6 is 0 Å². The third-order valence-electron chi connectivity index (χ3n) is 3.78. The van der Waals surface area contributed by atoms with Crippen LogP contribution in [0.4, 0.5) is 0 Å². The smallest absolute Gasteiger partial charge is 0.0576 e. The Balaban J connectivity index is 2.61. The van der Waals surface area contributed by atoms with Crippen LogP contribution in [0.15, 0.2) is 0 Å². The highest BCUT2D eigenvalue weighted by Crippen LogP contribution is 2.40. The second-order valence-corrected chi connectivity index (χ2v) is 5.05. The average molecular weight is 184 g/mol. The maximum absolute atomic E-state index is 5.47. The lowest BCUT2D eigenvalue weighted by Gasteiger charge is -2.40. The zero-order chi connectivity index (χ0) is 10.0. The molecule has 0 aromatic rings. The normalized spacial score (nSPS) is 43.2. The summed E-state index contributed by atoms with van der Waals surface area (Å²) in [6.45, 7) is 9.35. The van der Waals surface area contributed by atoms with Gasteiger partial charge in [0.1, 0.15) is 0 Å². The van der Waals surface area contributed by atoms with E-state index in [2.05, 4.69) is 27.7 Å². The molecule has 1 aliphatic carbocycles. The summed E-state index contributed by atoms with van der Waals surface area (Å²) in [6, 6.07) is 0. The molecule has 1 heteroatoms. The Hall–Kier alpha value is -0.0400. The lowest BCUT2D eigenvalue weighted by molar-refractivity contribution is -0.0109. The van der Waals surface area contributed by atoms with Crippen molar-refractivity contribution in [2.75, 3.05) is 7.11 Å². The van der Waals surface area contributed by atoms with E-state index in [0.717, 1.165) is 23.7 Å². The van der Waals surface area contributed by atoms with Gasteiger partial charge in [-0.3, -0.25) is 0 Å². The van der Waals surface area contributed by atoms with Crippen LogP contribution in [0, 0.1) is 23.7 Å². The minimum atomic E-state index is 0.428. The molecule has 0 heterocycles. The minimum Gasteiger partial charge on any atom is -0.381 e. The summed E-state index contributed by atoms with van der Waals surface area (Å²) >= 11 is 0. The fourth-order valence-electron chi connectivity index (χ4n) is 3.32. The van der Waals surface area contributed by atoms with Crippen LogP contribution in [-0.4, -0.2) is 13.2 Å². The average Bonchev–Trinajstić information content (AvgIpc) is 2.02. The van der Waals surface area contributed by atoms with Crippen molar-refractivity contribution in [1.29, 1.82) is 0 Å². The van der Waals surface area contributed by atoms with Crippen LogP contribution in [0.2, 0.25) is 0 Å². The molecule has 1 rings (SSSR count). The topological polar surface area (TPSA) is 9.23 Å². The van der Waals surface area contributed by atoms with Gasteiger partial charge in [0.05, 0.1) is 6.10 Å². The zero-order valence-electron chi connectivity index (χ0n) is 9.71. The first kappa shape index (κ1) is 11.0. The molecule has 1 fully saturated rings. The molecular weight excluding hydrogens is 160 g/mol. The van der Waals surface area contributed by atoms with Gasteiger partial charge in [-0.15, -0.1) is 0 Å². The second kappa shape index (κ2) is 4.45. The third-order valence-corrected chi connectivity index (χ3v) is 3.78. The maximum Gasteiger partial charge on any atom is 0.0576 e. The van der Waals surface area contributed by atoms with Gasteiger partial charge in [-0.25, -0.2) is 0 Å². The fraction of sp³-hybridized carbons (Fsp3) is 1.00. The molecule has 3 unspecified atom stereocenters. The molecule has 0 spiro atoms. The summed E-state index contributed by atoms with van der Waals surface area (Å²) in [5, 5.41) is 0. The molecule has 0 amide bonds. The van der Waals surface area contributed by atoms with Gasteiger partial charge < -0.3 is 4.74 Å². The quantitative estimate of drug-likeness (QED) is 0.639. The molecule has 0 saturated heterocycles. The van der Waals surface area contributed by atoms with Crippen molar-refractivity contribution in [3.8, 4) is 0 Å². The van der Waals surface area contributed by atoms with Crippen molar-refractivity contribution in [2.24, 2.45) is 23.7 Å². The van der Waals surface area contributed by atoms with E-state index in [1.807, 2.05) is 7.11 Å². The van der Waals surface area contributed by atoms with Gasteiger partial charge in [-0.1, -0.05) is 20.8 Å². The van der Waals surface area contributed by atoms with Crippen LogP contribution < -0.4 is 0 Å². The van der Waals surface area contributed by atoms with E-state index in [4.69, 9.17) is 4.74 Å². The molecule has 0 aromatic carbocycles. The fourth-order valence-corrected chi connectivity index (χ4v) is 3.32. The lowest BCUT2D eigenvalue weighted by Crippen LogP contribution is -2.36. The monoisotopic (exact) mass is 184 g/mol. The van der Waals surface area contributed by atoms with E-state index in [0.29, 0.717) is 6.10 Å². The Bertz CT molecular complexity index is 143. The van der Waals surface area contributed by atoms with Crippen molar-refractivity contribution in [3.63, 3.8) is 0 Å². The highest BCUT2D eigenvalue weighted by atomic mass is 16.5. The summed E-state index contributed by atoms with van der Waals surface area (Å²) in [4.78, 5) is 0. The molecule has 3 atom stereocenters. The first-order chi connectivity index (χ1) is 6.06. The SMILES string of the molecule is COC(C)C1C(C)CC(C)CC1C. The number of hydrogen-bond acceptors (Lipinski definition) is 1. The van der Waals surface area contributed by atoms with Crippen molar-refractivity contribution >= 4 is 0 Å². The highest BCUT2D eigenvalue weighted by molar-refractivity contribution is 4.84. The summed E-state index contributed by atoms with van der Waals surface area (Å²) in [5.41, 5.74) is 0. The lowest BCUT2D eigenvalue weighted by atomic mass is 9.67. The van der Waals surface area contributed by atoms with Crippen LogP contribution in [0.25, 0.3) is 0 Å². The van der Waals surface area contributed by atoms with E-state index in [1.165, 1.54) is 12.8 Å². The number of ether oxygens (including phenoxy) is 1. The Morgan fingerprint density at radius 2 is 1.54 bits per heavy atom. The predicted molar refractivity (Wildman–Crippen MR) is 56.7 cm³/mol. The van der Waals surface area contributed by atoms with Gasteiger partial charge in [-0.05, 0) is 43.4 Å². The molecule has 1 aliphatic rings. The molecular formula is C12H24O. The van der Waals surface area contributed by atoms with Crippen molar-refractivity contribution < 1.29 is 4.74 Å². The van der Waals surface area contributed by atoms with E-state index < -0.39 is 0 Å². The summed E-state index contributed by atoms with van der Waals surface area (Å²) in [7, 11) is 1.84. The van der Waals surface area contributed by atoms with E-state index in [9.17, 15) is 0 Å². The van der Waals surface area contributed by atoms with Gasteiger partial charge in [0.15, 0.2) is 0 Å². The first-order valence-electron chi connectivity index (χ1n) is 5.59. The molecule has 78 valence electrons. The van der Waals surface area contributed by atoms with E-state index >= 15 is 0 Å². The number of hydrogen-bond donors (Lipinski definition) is 0. The van der Waals surface area contributed by atoms with E-state index in [-0.39, 0.29) is 0 Å². The molecule has 0 N–H and O–H groups in total. The van der Waals surface area contributed by atoms with Gasteiger partial charge in [0.25, 0.3) is 0 Å². The van der Waals surface area contributed by atoms with Gasteiger partial charge in [0, 0.05) is 7.11 Å². The summed E-state index contributed by atoms with van der Waals surface area (Å²) in [5.74, 6) is 3.33. The van der Waals surface area contributed by atoms with Crippen LogP contribution in [0.3, 0.4) is 0 Å². The summed E-state index contributed by atoms with van der Waals surface area (Å²) < 4.78 is 5.47. The Morgan fingerprint density at radius 3 is 1.92 bits per heavy atom. The number of rotatable bonds is 2. The van der Waals surface area contributed by atoms with Gasteiger partial charge in [0.2, 0.25) is 0 Å². The molecule has 0 radical (unpaired) electrons. The van der Waals surface area contributed by atoms with Gasteiger partial charge in [-0.2, -0.15) is 0 Å². The second-order valence-electron chi connectivity index (χ2n) is 5.05. The highest BCUT2D eigenvalue weighted by Gasteiger charge is 2.34. The van der Waals surface area contributed by atoms with Crippen molar-refractivity contribution in [1.82, 2.24) is 0 Å². The molecule has 0 bridgehead atoms. The molecule has 0 aliphatic heterocycles. The van der Waals surface area contributed by atoms with Crippen molar-refractivity contribution in [2.45, 2.75) is 46.6 Å². The van der Waals surface area contributed by atoms with Crippen LogP contribution in [0.5, 0.6) is 0 Å². The predicted octanol–water partition coefficient (Wildman–Crippen LogP) is 3.34. The van der Waals surface area contributed by atoms with Gasteiger partial charge >= 0.3 is 0 Å². The Kier molecular flexibility index (Phi) is 3.78. The van der Waals surface area contributed by atoms with Crippen LogP contribution in [0.1, 0.15) is 40.5 Å². The largest absolute Gasteiger partial charge is 0.381 e. The standard InChI is InChI=1S/C12H24O/c1-8-6-9(2)12(10(3)7-8)11(4)13-5/h8-12H,6-7H2,1-5H3. The Labute approximate surface area is 82.9 Å². The third kappa shape index (κ3) is 2.46. The number of methoxy groups -OCH3 is 1. The maximum atomic E-state index is 5.47. The molecule has 1 saturated carbocycles. The minimum absolute atomic E-state index is 0.428. The van der Waals surface area contributed by atoms with E-state index in [1.54, 1.807) is 0 Å². The zero-order valence-corrected chi connectivity index (χ0v) is 9.71. The molecule has 13 heavy (non-hydrogen) atoms. The van der Waals surface area contributed by atoms with Crippen LogP contribution in [-0.2, 0) is 4.74 Å². The summed E-state index contributed by atoms with van der Waals surface area (Å²) in [6.07, 6.45) is 3.18. The molecule has 0 aromatic heterocycles. The van der Waals surface area contributed by atoms with Crippen molar-refractivity contribution in [3.05, 3.63) is 0 Å².